The third kappa shape index (κ3) is 3.76. The second-order valence-electron chi connectivity index (χ2n) is 3.19. The van der Waals surface area contributed by atoms with Crippen LogP contribution in [-0.4, -0.2) is 13.1 Å². The molecule has 1 N–H and O–H groups in total. The van der Waals surface area contributed by atoms with Crippen molar-refractivity contribution in [2.75, 3.05) is 13.1 Å². The highest BCUT2D eigenvalue weighted by molar-refractivity contribution is 9.10. The summed E-state index contributed by atoms with van der Waals surface area (Å²) in [4.78, 5) is 0. The van der Waals surface area contributed by atoms with Crippen LogP contribution in [-0.2, 0) is 6.42 Å². The van der Waals surface area contributed by atoms with Crippen LogP contribution in [0, 0.1) is 5.82 Å². The van der Waals surface area contributed by atoms with Crippen molar-refractivity contribution in [1.82, 2.24) is 5.32 Å². The van der Waals surface area contributed by atoms with Gasteiger partial charge in [-0.1, -0.05) is 22.9 Å². The Morgan fingerprint density at radius 1 is 1.43 bits per heavy atom. The van der Waals surface area contributed by atoms with Gasteiger partial charge in [-0.2, -0.15) is 0 Å². The van der Waals surface area contributed by atoms with Gasteiger partial charge in [-0.25, -0.2) is 4.39 Å². The first-order valence-electron chi connectivity index (χ1n) is 4.88. The molecule has 0 saturated carbocycles. The average molecular weight is 260 g/mol. The van der Waals surface area contributed by atoms with Crippen molar-refractivity contribution < 1.29 is 4.39 Å². The Balaban J connectivity index is 2.45. The topological polar surface area (TPSA) is 12.0 Å². The van der Waals surface area contributed by atoms with Crippen molar-refractivity contribution >= 4 is 15.9 Å². The third-order valence-electron chi connectivity index (χ3n) is 2.06. The molecule has 0 saturated heterocycles. The molecule has 0 bridgehead atoms. The summed E-state index contributed by atoms with van der Waals surface area (Å²) in [6, 6.07) is 4.83. The van der Waals surface area contributed by atoms with Gasteiger partial charge >= 0.3 is 0 Å². The van der Waals surface area contributed by atoms with Crippen LogP contribution in [0.1, 0.15) is 18.9 Å². The lowest BCUT2D eigenvalue weighted by Crippen LogP contribution is -2.14. The van der Waals surface area contributed by atoms with Gasteiger partial charge in [0.1, 0.15) is 5.82 Å². The fraction of sp³-hybridized carbons (Fsp3) is 0.455. The Bertz CT molecular complexity index is 289. The molecule has 0 aromatic heterocycles. The maximum atomic E-state index is 12.9. The number of hydrogen-bond acceptors (Lipinski definition) is 1. The highest BCUT2D eigenvalue weighted by Crippen LogP contribution is 2.18. The lowest BCUT2D eigenvalue weighted by molar-refractivity contribution is 0.621. The van der Waals surface area contributed by atoms with E-state index >= 15 is 0 Å². The molecule has 1 rings (SSSR count). The van der Waals surface area contributed by atoms with Gasteiger partial charge < -0.3 is 5.32 Å². The van der Waals surface area contributed by atoms with Gasteiger partial charge in [0.05, 0.1) is 0 Å². The van der Waals surface area contributed by atoms with Crippen LogP contribution in [0.4, 0.5) is 4.39 Å². The van der Waals surface area contributed by atoms with Crippen LogP contribution in [0.25, 0.3) is 0 Å². The van der Waals surface area contributed by atoms with Gasteiger partial charge in [-0.3, -0.25) is 0 Å². The lowest BCUT2D eigenvalue weighted by atomic mass is 10.1. The van der Waals surface area contributed by atoms with Crippen LogP contribution in [0.15, 0.2) is 22.7 Å². The van der Waals surface area contributed by atoms with Crippen molar-refractivity contribution in [2.45, 2.75) is 19.8 Å². The molecule has 0 radical (unpaired) electrons. The molecule has 0 unspecified atom stereocenters. The van der Waals surface area contributed by atoms with Crippen LogP contribution in [0.3, 0.4) is 0 Å². The van der Waals surface area contributed by atoms with Gasteiger partial charge in [-0.15, -0.1) is 0 Å². The molecule has 0 fully saturated rings. The number of aryl methyl sites for hydroxylation is 1. The van der Waals surface area contributed by atoms with E-state index in [1.54, 1.807) is 12.1 Å². The number of benzene rings is 1. The Hall–Kier alpha value is -0.410. The van der Waals surface area contributed by atoms with Crippen molar-refractivity contribution in [2.24, 2.45) is 0 Å². The van der Waals surface area contributed by atoms with Crippen LogP contribution in [0.2, 0.25) is 0 Å². The Morgan fingerprint density at radius 2 is 2.21 bits per heavy atom. The van der Waals surface area contributed by atoms with E-state index in [2.05, 4.69) is 28.2 Å². The van der Waals surface area contributed by atoms with E-state index < -0.39 is 0 Å². The summed E-state index contributed by atoms with van der Waals surface area (Å²) < 4.78 is 13.9. The monoisotopic (exact) mass is 259 g/mol. The van der Waals surface area contributed by atoms with Crippen molar-refractivity contribution in [3.63, 3.8) is 0 Å². The molecule has 0 spiro atoms. The van der Waals surface area contributed by atoms with E-state index in [0.717, 1.165) is 36.0 Å². The first kappa shape index (κ1) is 11.7. The van der Waals surface area contributed by atoms with Crippen molar-refractivity contribution in [3.8, 4) is 0 Å². The Labute approximate surface area is 92.8 Å². The minimum absolute atomic E-state index is 0.161. The quantitative estimate of drug-likeness (QED) is 0.802. The summed E-state index contributed by atoms with van der Waals surface area (Å²) in [6.45, 7) is 4.06. The minimum atomic E-state index is -0.161. The third-order valence-corrected chi connectivity index (χ3v) is 2.83. The van der Waals surface area contributed by atoms with Gasteiger partial charge in [0.25, 0.3) is 0 Å². The van der Waals surface area contributed by atoms with E-state index in [0.29, 0.717) is 0 Å². The van der Waals surface area contributed by atoms with Crippen molar-refractivity contribution in [3.05, 3.63) is 34.1 Å². The molecule has 1 aromatic rings. The fourth-order valence-electron chi connectivity index (χ4n) is 1.32. The number of halogens is 2. The molecule has 1 nitrogen and oxygen atoms in total. The molecule has 0 aliphatic heterocycles. The fourth-order valence-corrected chi connectivity index (χ4v) is 1.76. The van der Waals surface area contributed by atoms with E-state index in [-0.39, 0.29) is 5.82 Å². The van der Waals surface area contributed by atoms with E-state index in [4.69, 9.17) is 0 Å². The van der Waals surface area contributed by atoms with Gasteiger partial charge in [0.15, 0.2) is 0 Å². The maximum Gasteiger partial charge on any atom is 0.123 e. The van der Waals surface area contributed by atoms with Crippen LogP contribution in [0.5, 0.6) is 0 Å². The highest BCUT2D eigenvalue weighted by atomic mass is 79.9. The van der Waals surface area contributed by atoms with E-state index in [9.17, 15) is 4.39 Å². The predicted octanol–water partition coefficient (Wildman–Crippen LogP) is 3.13. The minimum Gasteiger partial charge on any atom is -0.317 e. The first-order valence-corrected chi connectivity index (χ1v) is 5.68. The van der Waals surface area contributed by atoms with Gasteiger partial charge in [0.2, 0.25) is 0 Å². The summed E-state index contributed by atoms with van der Waals surface area (Å²) in [7, 11) is 0. The summed E-state index contributed by atoms with van der Waals surface area (Å²) in [6.07, 6.45) is 1.95. The smallest absolute Gasteiger partial charge is 0.123 e. The number of nitrogens with one attached hydrogen (secondary N) is 1. The molecular formula is C11H15BrFN. The Kier molecular flexibility index (Phi) is 5.12. The summed E-state index contributed by atoms with van der Waals surface area (Å²) in [5.74, 6) is -0.161. The zero-order valence-electron chi connectivity index (χ0n) is 8.32. The molecule has 0 heterocycles. The molecule has 78 valence electrons. The zero-order valence-corrected chi connectivity index (χ0v) is 9.90. The number of rotatable bonds is 5. The molecular weight excluding hydrogens is 245 g/mol. The van der Waals surface area contributed by atoms with E-state index in [1.807, 2.05) is 0 Å². The lowest BCUT2D eigenvalue weighted by Gasteiger charge is -2.04. The molecule has 0 amide bonds. The largest absolute Gasteiger partial charge is 0.317 e. The zero-order chi connectivity index (χ0) is 10.4. The summed E-state index contributed by atoms with van der Waals surface area (Å²) >= 11 is 3.41. The van der Waals surface area contributed by atoms with Gasteiger partial charge in [0, 0.05) is 4.47 Å². The number of hydrogen-bond donors (Lipinski definition) is 1. The molecule has 0 aliphatic rings. The molecule has 0 atom stereocenters. The standard InChI is InChI=1S/C11H15BrFN/c1-2-14-7-3-4-9-8-10(13)5-6-11(9)12/h5-6,8,14H,2-4,7H2,1H3. The summed E-state index contributed by atoms with van der Waals surface area (Å²) in [5, 5.41) is 3.24. The SMILES string of the molecule is CCNCCCc1cc(F)ccc1Br. The van der Waals surface area contributed by atoms with Crippen LogP contribution < -0.4 is 5.32 Å². The second kappa shape index (κ2) is 6.14. The average Bonchev–Trinajstić information content (AvgIpc) is 2.18. The highest BCUT2D eigenvalue weighted by Gasteiger charge is 2.00. The molecule has 0 aliphatic carbocycles. The first-order chi connectivity index (χ1) is 6.74. The van der Waals surface area contributed by atoms with Crippen LogP contribution >= 0.6 is 15.9 Å². The normalized spacial score (nSPS) is 10.5. The Morgan fingerprint density at radius 3 is 2.93 bits per heavy atom. The molecule has 14 heavy (non-hydrogen) atoms. The van der Waals surface area contributed by atoms with Crippen molar-refractivity contribution in [1.29, 1.82) is 0 Å². The molecule has 3 heteroatoms. The summed E-state index contributed by atoms with van der Waals surface area (Å²) in [5.41, 5.74) is 1.04. The van der Waals surface area contributed by atoms with E-state index in [1.165, 1.54) is 6.07 Å². The molecule has 1 aromatic carbocycles. The predicted molar refractivity (Wildman–Crippen MR) is 61.0 cm³/mol. The van der Waals surface area contributed by atoms with Gasteiger partial charge in [-0.05, 0) is 49.7 Å². The second-order valence-corrected chi connectivity index (χ2v) is 4.05. The maximum absolute atomic E-state index is 12.9.